The Morgan fingerprint density at radius 2 is 1.59 bits per heavy atom. The minimum Gasteiger partial charge on any atom is -0.497 e. The van der Waals surface area contributed by atoms with Crippen molar-refractivity contribution in [2.75, 3.05) is 11.4 Å². The van der Waals surface area contributed by atoms with Crippen molar-refractivity contribution in [1.82, 2.24) is 0 Å². The van der Waals surface area contributed by atoms with Crippen LogP contribution >= 0.6 is 0 Å². The number of methoxy groups -OCH3 is 1. The maximum Gasteiger partial charge on any atom is 0.264 e. The van der Waals surface area contributed by atoms with Crippen LogP contribution in [0.15, 0.2) is 71.6 Å². The van der Waals surface area contributed by atoms with Gasteiger partial charge in [0.05, 0.1) is 24.2 Å². The van der Waals surface area contributed by atoms with Gasteiger partial charge in [0.2, 0.25) is 0 Å². The van der Waals surface area contributed by atoms with Crippen molar-refractivity contribution in [3.63, 3.8) is 0 Å². The molecule has 4 rings (SSSR count). The highest BCUT2D eigenvalue weighted by Crippen LogP contribution is 2.46. The molecular formula is C24H25NO3S. The molecule has 29 heavy (non-hydrogen) atoms. The molecule has 1 aliphatic heterocycles. The lowest BCUT2D eigenvalue weighted by atomic mass is 9.79. The van der Waals surface area contributed by atoms with Crippen LogP contribution in [0.5, 0.6) is 5.75 Å². The summed E-state index contributed by atoms with van der Waals surface area (Å²) in [5.74, 6) is 0.628. The van der Waals surface area contributed by atoms with Gasteiger partial charge in [-0.05, 0) is 52.4 Å². The SMILES string of the molecule is COc1ccc(S(=O)(=O)N2Cc3ccccc3-c3c2cccc3C(C)(C)C)cc1. The zero-order chi connectivity index (χ0) is 20.8. The van der Waals surface area contributed by atoms with Crippen molar-refractivity contribution < 1.29 is 13.2 Å². The van der Waals surface area contributed by atoms with Gasteiger partial charge in [-0.1, -0.05) is 57.2 Å². The highest BCUT2D eigenvalue weighted by atomic mass is 32.2. The molecule has 3 aromatic carbocycles. The number of hydrogen-bond acceptors (Lipinski definition) is 3. The number of benzene rings is 3. The molecule has 0 saturated carbocycles. The molecule has 0 spiro atoms. The van der Waals surface area contributed by atoms with E-state index in [0.29, 0.717) is 12.3 Å². The Balaban J connectivity index is 1.94. The minimum atomic E-state index is -3.73. The molecule has 1 heterocycles. The summed E-state index contributed by atoms with van der Waals surface area (Å²) in [6.07, 6.45) is 0. The zero-order valence-electron chi connectivity index (χ0n) is 17.1. The maximum atomic E-state index is 13.6. The van der Waals surface area contributed by atoms with Crippen molar-refractivity contribution in [2.24, 2.45) is 0 Å². The third-order valence-electron chi connectivity index (χ3n) is 5.37. The fraction of sp³-hybridized carbons (Fsp3) is 0.250. The van der Waals surface area contributed by atoms with E-state index in [1.165, 1.54) is 4.31 Å². The molecule has 0 unspecified atom stereocenters. The predicted molar refractivity (Wildman–Crippen MR) is 117 cm³/mol. The number of ether oxygens (including phenoxy) is 1. The van der Waals surface area contributed by atoms with Crippen molar-refractivity contribution in [1.29, 1.82) is 0 Å². The number of hydrogen-bond donors (Lipinski definition) is 0. The second-order valence-electron chi connectivity index (χ2n) is 8.29. The molecule has 150 valence electrons. The Labute approximate surface area is 172 Å². The van der Waals surface area contributed by atoms with Crippen molar-refractivity contribution >= 4 is 15.7 Å². The topological polar surface area (TPSA) is 46.6 Å². The molecule has 3 aromatic rings. The molecule has 0 fully saturated rings. The summed E-state index contributed by atoms with van der Waals surface area (Å²) >= 11 is 0. The van der Waals surface area contributed by atoms with Crippen LogP contribution < -0.4 is 9.04 Å². The first-order chi connectivity index (χ1) is 13.7. The summed E-state index contributed by atoms with van der Waals surface area (Å²) in [6, 6.07) is 20.6. The summed E-state index contributed by atoms with van der Waals surface area (Å²) in [5.41, 5.74) is 4.86. The summed E-state index contributed by atoms with van der Waals surface area (Å²) in [6.45, 7) is 6.78. The highest BCUT2D eigenvalue weighted by Gasteiger charge is 2.34. The lowest BCUT2D eigenvalue weighted by molar-refractivity contribution is 0.414. The average Bonchev–Trinajstić information content (AvgIpc) is 2.72. The van der Waals surface area contributed by atoms with Crippen LogP contribution in [0.25, 0.3) is 11.1 Å². The van der Waals surface area contributed by atoms with Crippen molar-refractivity contribution in [3.05, 3.63) is 77.9 Å². The summed E-state index contributed by atoms with van der Waals surface area (Å²) in [5, 5.41) is 0. The smallest absolute Gasteiger partial charge is 0.264 e. The van der Waals surface area contributed by atoms with E-state index in [4.69, 9.17) is 4.74 Å². The number of rotatable bonds is 3. The van der Waals surface area contributed by atoms with Gasteiger partial charge in [0.25, 0.3) is 10.0 Å². The Morgan fingerprint density at radius 1 is 0.897 bits per heavy atom. The molecule has 0 bridgehead atoms. The molecule has 4 nitrogen and oxygen atoms in total. The lowest BCUT2D eigenvalue weighted by Gasteiger charge is -2.35. The molecule has 0 amide bonds. The monoisotopic (exact) mass is 407 g/mol. The Hall–Kier alpha value is -2.79. The van der Waals surface area contributed by atoms with E-state index in [9.17, 15) is 8.42 Å². The molecule has 0 atom stereocenters. The average molecular weight is 408 g/mol. The first kappa shape index (κ1) is 19.5. The number of anilines is 1. The van der Waals surface area contributed by atoms with E-state index in [1.54, 1.807) is 31.4 Å². The van der Waals surface area contributed by atoms with Gasteiger partial charge in [0, 0.05) is 5.56 Å². The molecule has 0 saturated heterocycles. The predicted octanol–water partition coefficient (Wildman–Crippen LogP) is 5.37. The van der Waals surface area contributed by atoms with Crippen LogP contribution in [0.4, 0.5) is 5.69 Å². The van der Waals surface area contributed by atoms with Crippen LogP contribution in [0, 0.1) is 0 Å². The maximum absolute atomic E-state index is 13.6. The quantitative estimate of drug-likeness (QED) is 0.586. The van der Waals surface area contributed by atoms with Crippen LogP contribution in [-0.2, 0) is 22.0 Å². The second kappa shape index (κ2) is 6.92. The lowest BCUT2D eigenvalue weighted by Crippen LogP contribution is -2.34. The Morgan fingerprint density at radius 3 is 2.24 bits per heavy atom. The van der Waals surface area contributed by atoms with Gasteiger partial charge in [-0.15, -0.1) is 0 Å². The molecule has 0 radical (unpaired) electrons. The number of nitrogens with zero attached hydrogens (tertiary/aromatic N) is 1. The standard InChI is InChI=1S/C24H25NO3S/c1-24(2,3)21-10-7-11-22-23(21)20-9-6-5-8-17(20)16-25(22)29(26,27)19-14-12-18(28-4)13-15-19/h5-15H,16H2,1-4H3. The molecular weight excluding hydrogens is 382 g/mol. The summed E-state index contributed by atoms with van der Waals surface area (Å²) in [4.78, 5) is 0.254. The van der Waals surface area contributed by atoms with Crippen LogP contribution in [-0.4, -0.2) is 15.5 Å². The second-order valence-corrected chi connectivity index (χ2v) is 10.2. The van der Waals surface area contributed by atoms with Gasteiger partial charge in [-0.2, -0.15) is 0 Å². The third kappa shape index (κ3) is 3.29. The molecule has 0 aromatic heterocycles. The van der Waals surface area contributed by atoms with E-state index >= 15 is 0 Å². The fourth-order valence-electron chi connectivity index (χ4n) is 3.89. The summed E-state index contributed by atoms with van der Waals surface area (Å²) < 4.78 is 33.9. The van der Waals surface area contributed by atoms with Gasteiger partial charge in [0.1, 0.15) is 5.75 Å². The van der Waals surface area contributed by atoms with Crippen LogP contribution in [0.1, 0.15) is 31.9 Å². The molecule has 0 aliphatic carbocycles. The van der Waals surface area contributed by atoms with E-state index in [-0.39, 0.29) is 10.3 Å². The first-order valence-electron chi connectivity index (χ1n) is 9.62. The number of sulfonamides is 1. The third-order valence-corrected chi connectivity index (χ3v) is 7.14. The molecule has 5 heteroatoms. The highest BCUT2D eigenvalue weighted by molar-refractivity contribution is 7.92. The van der Waals surface area contributed by atoms with Gasteiger partial charge >= 0.3 is 0 Å². The van der Waals surface area contributed by atoms with Crippen LogP contribution in [0.2, 0.25) is 0 Å². The first-order valence-corrected chi connectivity index (χ1v) is 11.1. The number of fused-ring (bicyclic) bond motifs is 3. The van der Waals surface area contributed by atoms with Gasteiger partial charge in [-0.3, -0.25) is 4.31 Å². The zero-order valence-corrected chi connectivity index (χ0v) is 18.0. The van der Waals surface area contributed by atoms with Gasteiger partial charge in [-0.25, -0.2) is 8.42 Å². The van der Waals surface area contributed by atoms with E-state index < -0.39 is 10.0 Å². The van der Waals surface area contributed by atoms with E-state index in [0.717, 1.165) is 27.9 Å². The van der Waals surface area contributed by atoms with Gasteiger partial charge < -0.3 is 4.74 Å². The molecule has 1 aliphatic rings. The van der Waals surface area contributed by atoms with E-state index in [1.807, 2.05) is 30.3 Å². The van der Waals surface area contributed by atoms with Crippen LogP contribution in [0.3, 0.4) is 0 Å². The van der Waals surface area contributed by atoms with Gasteiger partial charge in [0.15, 0.2) is 0 Å². The normalized spacial score (nSPS) is 13.6. The minimum absolute atomic E-state index is 0.120. The Kier molecular flexibility index (Phi) is 4.66. The molecule has 0 N–H and O–H groups in total. The fourth-order valence-corrected chi connectivity index (χ4v) is 5.34. The Bertz CT molecular complexity index is 1160. The summed E-state index contributed by atoms with van der Waals surface area (Å²) in [7, 11) is -2.16. The largest absolute Gasteiger partial charge is 0.497 e. The van der Waals surface area contributed by atoms with Crippen molar-refractivity contribution in [3.8, 4) is 16.9 Å². The van der Waals surface area contributed by atoms with E-state index in [2.05, 4.69) is 32.9 Å². The van der Waals surface area contributed by atoms with Crippen molar-refractivity contribution in [2.45, 2.75) is 37.6 Å².